The van der Waals surface area contributed by atoms with Gasteiger partial charge in [0, 0.05) is 38.8 Å². The summed E-state index contributed by atoms with van der Waals surface area (Å²) in [6, 6.07) is 11.3. The number of rotatable bonds is 7. The molecule has 2 aromatic carbocycles. The summed E-state index contributed by atoms with van der Waals surface area (Å²) >= 11 is 0. The van der Waals surface area contributed by atoms with Crippen LogP contribution in [0.5, 0.6) is 0 Å². The molecule has 160 valence electrons. The summed E-state index contributed by atoms with van der Waals surface area (Å²) in [5, 5.41) is 2.76. The Bertz CT molecular complexity index is 902. The summed E-state index contributed by atoms with van der Waals surface area (Å²) in [7, 11) is 1.70. The molecule has 1 aliphatic rings. The van der Waals surface area contributed by atoms with Crippen LogP contribution in [-0.4, -0.2) is 47.8 Å². The summed E-state index contributed by atoms with van der Waals surface area (Å²) in [4.78, 5) is 28.6. The first-order chi connectivity index (χ1) is 14.4. The molecule has 1 N–H and O–H groups in total. The molecule has 0 aromatic heterocycles. The van der Waals surface area contributed by atoms with Gasteiger partial charge >= 0.3 is 0 Å². The number of halogens is 2. The fourth-order valence-electron chi connectivity index (χ4n) is 3.63. The Morgan fingerprint density at radius 1 is 1.17 bits per heavy atom. The number of benzene rings is 2. The van der Waals surface area contributed by atoms with E-state index >= 15 is 0 Å². The molecule has 1 unspecified atom stereocenters. The third-order valence-corrected chi connectivity index (χ3v) is 5.49. The molecule has 2 aromatic rings. The fourth-order valence-corrected chi connectivity index (χ4v) is 3.63. The van der Waals surface area contributed by atoms with E-state index in [2.05, 4.69) is 12.2 Å². The molecule has 3 rings (SSSR count). The summed E-state index contributed by atoms with van der Waals surface area (Å²) in [6.45, 7) is 3.45. The Morgan fingerprint density at radius 2 is 1.87 bits per heavy atom. The first-order valence-corrected chi connectivity index (χ1v) is 10.2. The zero-order valence-electron chi connectivity index (χ0n) is 17.3. The SMILES string of the molecule is CCc1ccc(CN(C)C(=O)CC2C(=O)NCCN2Cc2cccc(F)c2F)cc1. The second kappa shape index (κ2) is 9.80. The van der Waals surface area contributed by atoms with Gasteiger partial charge in [-0.15, -0.1) is 0 Å². The van der Waals surface area contributed by atoms with Gasteiger partial charge in [0.1, 0.15) is 0 Å². The first kappa shape index (κ1) is 21.9. The van der Waals surface area contributed by atoms with E-state index in [1.54, 1.807) is 16.8 Å². The monoisotopic (exact) mass is 415 g/mol. The molecular formula is C23H27F2N3O2. The maximum absolute atomic E-state index is 14.1. The van der Waals surface area contributed by atoms with Crippen molar-refractivity contribution < 1.29 is 18.4 Å². The summed E-state index contributed by atoms with van der Waals surface area (Å²) in [6.07, 6.45) is 0.930. The lowest BCUT2D eigenvalue weighted by Crippen LogP contribution is -2.56. The standard InChI is InChI=1S/C23H27F2N3O2/c1-3-16-7-9-17(10-8-16)14-27(2)21(29)13-20-23(30)26-11-12-28(20)15-18-5-4-6-19(24)22(18)25/h4-10,20H,3,11-15H2,1-2H3,(H,26,30). The Labute approximate surface area is 175 Å². The number of carbonyl (C=O) groups excluding carboxylic acids is 2. The summed E-state index contributed by atoms with van der Waals surface area (Å²) in [5.74, 6) is -2.29. The number of amides is 2. The molecule has 2 amide bonds. The minimum Gasteiger partial charge on any atom is -0.353 e. The van der Waals surface area contributed by atoms with Crippen molar-refractivity contribution in [1.82, 2.24) is 15.1 Å². The Hall–Kier alpha value is -2.80. The van der Waals surface area contributed by atoms with Gasteiger partial charge in [0.2, 0.25) is 11.8 Å². The van der Waals surface area contributed by atoms with Crippen molar-refractivity contribution in [3.8, 4) is 0 Å². The molecule has 1 fully saturated rings. The molecule has 1 heterocycles. The largest absolute Gasteiger partial charge is 0.353 e. The third kappa shape index (κ3) is 5.21. The van der Waals surface area contributed by atoms with Gasteiger partial charge in [-0.3, -0.25) is 14.5 Å². The minimum atomic E-state index is -0.921. The van der Waals surface area contributed by atoms with Crippen LogP contribution in [0.15, 0.2) is 42.5 Å². The van der Waals surface area contributed by atoms with E-state index in [-0.39, 0.29) is 30.3 Å². The van der Waals surface area contributed by atoms with Gasteiger partial charge in [0.25, 0.3) is 0 Å². The quantitative estimate of drug-likeness (QED) is 0.757. The van der Waals surface area contributed by atoms with Crippen molar-refractivity contribution in [3.05, 3.63) is 70.8 Å². The first-order valence-electron chi connectivity index (χ1n) is 10.2. The maximum atomic E-state index is 14.1. The van der Waals surface area contributed by atoms with Gasteiger partial charge < -0.3 is 10.2 Å². The van der Waals surface area contributed by atoms with Crippen LogP contribution in [0.3, 0.4) is 0 Å². The molecule has 30 heavy (non-hydrogen) atoms. The Morgan fingerprint density at radius 3 is 2.57 bits per heavy atom. The Kier molecular flexibility index (Phi) is 7.15. The van der Waals surface area contributed by atoms with Gasteiger partial charge in [-0.2, -0.15) is 0 Å². The van der Waals surface area contributed by atoms with Crippen LogP contribution in [-0.2, 0) is 29.1 Å². The van der Waals surface area contributed by atoms with E-state index in [0.717, 1.165) is 18.1 Å². The second-order valence-corrected chi connectivity index (χ2v) is 7.61. The van der Waals surface area contributed by atoms with Crippen LogP contribution in [0.2, 0.25) is 0 Å². The predicted molar refractivity (Wildman–Crippen MR) is 110 cm³/mol. The van der Waals surface area contributed by atoms with Crippen LogP contribution < -0.4 is 5.32 Å². The summed E-state index contributed by atoms with van der Waals surface area (Å²) in [5.41, 5.74) is 2.41. The number of hydrogen-bond acceptors (Lipinski definition) is 3. The van der Waals surface area contributed by atoms with E-state index in [1.165, 1.54) is 17.7 Å². The lowest BCUT2D eigenvalue weighted by atomic mass is 10.1. The number of nitrogens with one attached hydrogen (secondary N) is 1. The molecule has 1 atom stereocenters. The highest BCUT2D eigenvalue weighted by Crippen LogP contribution is 2.19. The molecular weight excluding hydrogens is 388 g/mol. The number of aryl methyl sites for hydroxylation is 1. The predicted octanol–water partition coefficient (Wildman–Crippen LogP) is 2.88. The topological polar surface area (TPSA) is 52.7 Å². The van der Waals surface area contributed by atoms with Gasteiger partial charge in [0.15, 0.2) is 11.6 Å². The number of nitrogens with zero attached hydrogens (tertiary/aromatic N) is 2. The number of hydrogen-bond donors (Lipinski definition) is 1. The average Bonchev–Trinajstić information content (AvgIpc) is 2.74. The maximum Gasteiger partial charge on any atom is 0.237 e. The molecule has 0 radical (unpaired) electrons. The van der Waals surface area contributed by atoms with Crippen molar-refractivity contribution in [2.24, 2.45) is 0 Å². The van der Waals surface area contributed by atoms with Crippen molar-refractivity contribution in [2.45, 2.75) is 38.9 Å². The van der Waals surface area contributed by atoms with Crippen LogP contribution in [0.1, 0.15) is 30.0 Å². The molecule has 0 bridgehead atoms. The van der Waals surface area contributed by atoms with E-state index in [4.69, 9.17) is 0 Å². The van der Waals surface area contributed by atoms with E-state index < -0.39 is 17.7 Å². The van der Waals surface area contributed by atoms with Crippen molar-refractivity contribution in [1.29, 1.82) is 0 Å². The molecule has 0 aliphatic carbocycles. The van der Waals surface area contributed by atoms with Crippen LogP contribution >= 0.6 is 0 Å². The highest BCUT2D eigenvalue weighted by atomic mass is 19.2. The molecule has 7 heteroatoms. The average molecular weight is 415 g/mol. The molecule has 5 nitrogen and oxygen atoms in total. The second-order valence-electron chi connectivity index (χ2n) is 7.61. The van der Waals surface area contributed by atoms with Crippen molar-refractivity contribution in [3.63, 3.8) is 0 Å². The van der Waals surface area contributed by atoms with Crippen LogP contribution in [0, 0.1) is 11.6 Å². The molecule has 0 spiro atoms. The summed E-state index contributed by atoms with van der Waals surface area (Å²) < 4.78 is 27.6. The third-order valence-electron chi connectivity index (χ3n) is 5.49. The van der Waals surface area contributed by atoms with Crippen LogP contribution in [0.25, 0.3) is 0 Å². The lowest BCUT2D eigenvalue weighted by molar-refractivity contribution is -0.138. The van der Waals surface area contributed by atoms with Gasteiger partial charge in [-0.05, 0) is 23.6 Å². The Balaban J connectivity index is 1.67. The number of piperazine rings is 1. The smallest absolute Gasteiger partial charge is 0.237 e. The number of carbonyl (C=O) groups is 2. The van der Waals surface area contributed by atoms with Crippen molar-refractivity contribution >= 4 is 11.8 Å². The van der Waals surface area contributed by atoms with Crippen molar-refractivity contribution in [2.75, 3.05) is 20.1 Å². The van der Waals surface area contributed by atoms with Gasteiger partial charge in [-0.1, -0.05) is 43.3 Å². The normalized spacial score (nSPS) is 16.9. The van der Waals surface area contributed by atoms with Crippen LogP contribution in [0.4, 0.5) is 8.78 Å². The lowest BCUT2D eigenvalue weighted by Gasteiger charge is -2.35. The van der Waals surface area contributed by atoms with E-state index in [9.17, 15) is 18.4 Å². The zero-order valence-corrected chi connectivity index (χ0v) is 17.3. The fraction of sp³-hybridized carbons (Fsp3) is 0.391. The molecule has 0 saturated carbocycles. The highest BCUT2D eigenvalue weighted by molar-refractivity contribution is 5.88. The van der Waals surface area contributed by atoms with Gasteiger partial charge in [0.05, 0.1) is 12.5 Å². The minimum absolute atomic E-state index is 0.0215. The molecule has 1 aliphatic heterocycles. The van der Waals surface area contributed by atoms with E-state index in [1.807, 2.05) is 24.3 Å². The molecule has 1 saturated heterocycles. The highest BCUT2D eigenvalue weighted by Gasteiger charge is 2.33. The van der Waals surface area contributed by atoms with E-state index in [0.29, 0.717) is 19.6 Å². The van der Waals surface area contributed by atoms with Gasteiger partial charge in [-0.25, -0.2) is 8.78 Å². The zero-order chi connectivity index (χ0) is 21.7.